The fourth-order valence-corrected chi connectivity index (χ4v) is 2.03. The summed E-state index contributed by atoms with van der Waals surface area (Å²) in [6, 6.07) is 7.91. The summed E-state index contributed by atoms with van der Waals surface area (Å²) in [4.78, 5) is 11.5. The Labute approximate surface area is 122 Å². The van der Waals surface area contributed by atoms with Gasteiger partial charge >= 0.3 is 5.97 Å². The third kappa shape index (κ3) is 4.08. The number of rotatable bonds is 6. The minimum absolute atomic E-state index is 0.0393. The number of furan rings is 1. The maximum atomic E-state index is 13.8. The molecule has 4 nitrogen and oxygen atoms in total. The van der Waals surface area contributed by atoms with Crippen molar-refractivity contribution in [2.24, 2.45) is 0 Å². The van der Waals surface area contributed by atoms with Gasteiger partial charge in [0.15, 0.2) is 0 Å². The summed E-state index contributed by atoms with van der Waals surface area (Å²) in [7, 11) is 1.30. The average Bonchev–Trinajstić information content (AvgIpc) is 3.00. The topological polar surface area (TPSA) is 51.5 Å². The van der Waals surface area contributed by atoms with Gasteiger partial charge in [0.05, 0.1) is 24.6 Å². The van der Waals surface area contributed by atoms with Crippen LogP contribution in [0, 0.1) is 5.82 Å². The Morgan fingerprint density at radius 2 is 2.24 bits per heavy atom. The lowest BCUT2D eigenvalue weighted by molar-refractivity contribution is 0.0600. The van der Waals surface area contributed by atoms with E-state index in [1.807, 2.05) is 19.1 Å². The van der Waals surface area contributed by atoms with Crippen molar-refractivity contribution in [2.75, 3.05) is 12.4 Å². The smallest absolute Gasteiger partial charge is 0.337 e. The van der Waals surface area contributed by atoms with Crippen LogP contribution in [0.4, 0.5) is 10.1 Å². The van der Waals surface area contributed by atoms with Crippen molar-refractivity contribution >= 4 is 11.7 Å². The van der Waals surface area contributed by atoms with E-state index >= 15 is 0 Å². The Bertz CT molecular complexity index is 596. The van der Waals surface area contributed by atoms with Gasteiger partial charge in [-0.3, -0.25) is 0 Å². The van der Waals surface area contributed by atoms with E-state index < -0.39 is 11.8 Å². The number of nitrogens with one attached hydrogen (secondary N) is 1. The highest BCUT2D eigenvalue weighted by molar-refractivity contribution is 5.90. The highest BCUT2D eigenvalue weighted by Gasteiger charge is 2.12. The SMILES string of the molecule is COC(=O)c1ccc(F)c(NC(C)CCc2ccco2)c1. The van der Waals surface area contributed by atoms with Gasteiger partial charge in [0.2, 0.25) is 0 Å². The lowest BCUT2D eigenvalue weighted by atomic mass is 10.1. The van der Waals surface area contributed by atoms with Crippen LogP contribution in [-0.4, -0.2) is 19.1 Å². The van der Waals surface area contributed by atoms with Gasteiger partial charge in [-0.2, -0.15) is 0 Å². The molecule has 1 heterocycles. The number of hydrogen-bond acceptors (Lipinski definition) is 4. The molecule has 0 saturated carbocycles. The van der Waals surface area contributed by atoms with Crippen molar-refractivity contribution in [2.45, 2.75) is 25.8 Å². The Morgan fingerprint density at radius 3 is 2.90 bits per heavy atom. The zero-order valence-corrected chi connectivity index (χ0v) is 12.1. The molecule has 5 heteroatoms. The second-order valence-corrected chi connectivity index (χ2v) is 4.85. The average molecular weight is 291 g/mol. The predicted molar refractivity (Wildman–Crippen MR) is 77.9 cm³/mol. The molecule has 0 amide bonds. The van der Waals surface area contributed by atoms with E-state index in [1.165, 1.54) is 25.3 Å². The van der Waals surface area contributed by atoms with Crippen LogP contribution >= 0.6 is 0 Å². The lowest BCUT2D eigenvalue weighted by Crippen LogP contribution is -2.17. The Hall–Kier alpha value is -2.30. The van der Waals surface area contributed by atoms with E-state index in [0.717, 1.165) is 18.6 Å². The Morgan fingerprint density at radius 1 is 1.43 bits per heavy atom. The summed E-state index contributed by atoms with van der Waals surface area (Å²) >= 11 is 0. The summed E-state index contributed by atoms with van der Waals surface area (Å²) in [5, 5.41) is 3.07. The summed E-state index contributed by atoms with van der Waals surface area (Å²) in [5.74, 6) is 0.0150. The third-order valence-corrected chi connectivity index (χ3v) is 3.19. The zero-order chi connectivity index (χ0) is 15.2. The number of anilines is 1. The molecule has 0 radical (unpaired) electrons. The predicted octanol–water partition coefficient (Wildman–Crippen LogP) is 3.64. The summed E-state index contributed by atoms with van der Waals surface area (Å²) < 4.78 is 23.7. The van der Waals surface area contributed by atoms with Gasteiger partial charge in [0, 0.05) is 12.5 Å². The van der Waals surface area contributed by atoms with Crippen LogP contribution in [0.3, 0.4) is 0 Å². The van der Waals surface area contributed by atoms with E-state index in [4.69, 9.17) is 4.42 Å². The molecule has 1 aromatic carbocycles. The first-order valence-corrected chi connectivity index (χ1v) is 6.77. The molecule has 0 aliphatic heterocycles. The van der Waals surface area contributed by atoms with Crippen molar-refractivity contribution in [3.05, 3.63) is 53.7 Å². The molecule has 0 aliphatic carbocycles. The maximum absolute atomic E-state index is 13.8. The van der Waals surface area contributed by atoms with Crippen molar-refractivity contribution in [3.63, 3.8) is 0 Å². The van der Waals surface area contributed by atoms with E-state index in [-0.39, 0.29) is 6.04 Å². The van der Waals surface area contributed by atoms with Crippen LogP contribution in [0.5, 0.6) is 0 Å². The van der Waals surface area contributed by atoms with Crippen molar-refractivity contribution < 1.29 is 18.3 Å². The summed E-state index contributed by atoms with van der Waals surface area (Å²) in [6.07, 6.45) is 3.18. The zero-order valence-electron chi connectivity index (χ0n) is 12.1. The van der Waals surface area contributed by atoms with Gasteiger partial charge in [-0.1, -0.05) is 0 Å². The first-order chi connectivity index (χ1) is 10.1. The number of esters is 1. The summed E-state index contributed by atoms with van der Waals surface area (Å²) in [5.41, 5.74) is 0.615. The molecule has 2 rings (SSSR count). The molecular weight excluding hydrogens is 273 g/mol. The highest BCUT2D eigenvalue weighted by atomic mass is 19.1. The number of methoxy groups -OCH3 is 1. The second-order valence-electron chi connectivity index (χ2n) is 4.85. The van der Waals surface area contributed by atoms with Crippen molar-refractivity contribution in [3.8, 4) is 0 Å². The quantitative estimate of drug-likeness (QED) is 0.826. The standard InChI is InChI=1S/C16H18FNO3/c1-11(5-7-13-4-3-9-21-13)18-15-10-12(16(19)20-2)6-8-14(15)17/h3-4,6,8-11,18H,5,7H2,1-2H3. The molecule has 1 aromatic heterocycles. The number of halogens is 1. The first-order valence-electron chi connectivity index (χ1n) is 6.77. The molecule has 0 bridgehead atoms. The van der Waals surface area contributed by atoms with Gasteiger partial charge in [0.1, 0.15) is 11.6 Å². The van der Waals surface area contributed by atoms with Crippen LogP contribution in [0.15, 0.2) is 41.0 Å². The number of carbonyl (C=O) groups is 1. The number of ether oxygens (including phenoxy) is 1. The monoisotopic (exact) mass is 291 g/mol. The van der Waals surface area contributed by atoms with E-state index in [0.29, 0.717) is 11.3 Å². The van der Waals surface area contributed by atoms with Crippen molar-refractivity contribution in [1.82, 2.24) is 0 Å². The minimum atomic E-state index is -0.485. The fourth-order valence-electron chi connectivity index (χ4n) is 2.03. The molecule has 1 atom stereocenters. The molecule has 1 unspecified atom stereocenters. The largest absolute Gasteiger partial charge is 0.469 e. The number of benzene rings is 1. The molecule has 1 N–H and O–H groups in total. The molecule has 0 spiro atoms. The molecule has 21 heavy (non-hydrogen) atoms. The van der Waals surface area contributed by atoms with Crippen LogP contribution in [0.25, 0.3) is 0 Å². The van der Waals surface area contributed by atoms with Crippen LogP contribution in [0.2, 0.25) is 0 Å². The molecular formula is C16H18FNO3. The van der Waals surface area contributed by atoms with Gasteiger partial charge < -0.3 is 14.5 Å². The Kier molecular flexibility index (Phi) is 4.98. The number of carbonyl (C=O) groups excluding carboxylic acids is 1. The fraction of sp³-hybridized carbons (Fsp3) is 0.312. The molecule has 0 fully saturated rings. The molecule has 112 valence electrons. The van der Waals surface area contributed by atoms with Gasteiger partial charge in [-0.25, -0.2) is 9.18 Å². The lowest BCUT2D eigenvalue weighted by Gasteiger charge is -2.16. The van der Waals surface area contributed by atoms with E-state index in [9.17, 15) is 9.18 Å². The maximum Gasteiger partial charge on any atom is 0.337 e. The number of aryl methyl sites for hydroxylation is 1. The molecule has 0 saturated heterocycles. The van der Waals surface area contributed by atoms with Crippen molar-refractivity contribution in [1.29, 1.82) is 0 Å². The highest BCUT2D eigenvalue weighted by Crippen LogP contribution is 2.19. The first kappa shape index (κ1) is 15.1. The van der Waals surface area contributed by atoms with Crippen LogP contribution in [-0.2, 0) is 11.2 Å². The minimum Gasteiger partial charge on any atom is -0.469 e. The number of hydrogen-bond donors (Lipinski definition) is 1. The normalized spacial score (nSPS) is 12.0. The van der Waals surface area contributed by atoms with Gasteiger partial charge in [0.25, 0.3) is 0 Å². The van der Waals surface area contributed by atoms with E-state index in [1.54, 1.807) is 6.26 Å². The van der Waals surface area contributed by atoms with Crippen LogP contribution in [0.1, 0.15) is 29.5 Å². The second kappa shape index (κ2) is 6.92. The van der Waals surface area contributed by atoms with E-state index in [2.05, 4.69) is 10.1 Å². The van der Waals surface area contributed by atoms with Crippen LogP contribution < -0.4 is 5.32 Å². The third-order valence-electron chi connectivity index (χ3n) is 3.19. The Balaban J connectivity index is 1.99. The molecule has 0 aliphatic rings. The summed E-state index contributed by atoms with van der Waals surface area (Å²) in [6.45, 7) is 1.95. The van der Waals surface area contributed by atoms with Gasteiger partial charge in [-0.15, -0.1) is 0 Å². The van der Waals surface area contributed by atoms with Gasteiger partial charge in [-0.05, 0) is 43.7 Å². The molecule has 2 aromatic rings.